The lowest BCUT2D eigenvalue weighted by molar-refractivity contribution is 0.457. The van der Waals surface area contributed by atoms with E-state index in [0.29, 0.717) is 5.92 Å². The molecule has 1 rings (SSSR count). The lowest BCUT2D eigenvalue weighted by Crippen LogP contribution is -2.08. The Hall–Kier alpha value is -1.03. The highest BCUT2D eigenvalue weighted by Gasteiger charge is 2.16. The van der Waals surface area contributed by atoms with Crippen molar-refractivity contribution in [2.75, 3.05) is 0 Å². The first-order valence-electron chi connectivity index (χ1n) is 4.58. The average molecular weight is 161 g/mol. The number of hydrogen-bond donors (Lipinski definition) is 0. The summed E-state index contributed by atoms with van der Waals surface area (Å²) in [4.78, 5) is 0. The third kappa shape index (κ3) is 2.23. The number of allylic oxidation sites excluding steroid dienone is 3. The second-order valence-corrected chi connectivity index (χ2v) is 3.32. The van der Waals surface area contributed by atoms with Crippen molar-refractivity contribution in [2.24, 2.45) is 5.92 Å². The zero-order chi connectivity index (χ0) is 8.81. The molecule has 1 unspecified atom stereocenters. The SMILES string of the molecule is C=CCC1CCCCC1=CC#N. The molecule has 1 atom stereocenters. The zero-order valence-electron chi connectivity index (χ0n) is 7.42. The van der Waals surface area contributed by atoms with E-state index in [1.807, 2.05) is 6.08 Å². The van der Waals surface area contributed by atoms with E-state index < -0.39 is 0 Å². The Balaban J connectivity index is 2.61. The first-order valence-corrected chi connectivity index (χ1v) is 4.58. The lowest BCUT2D eigenvalue weighted by Gasteiger charge is -2.23. The van der Waals surface area contributed by atoms with Crippen LogP contribution in [-0.2, 0) is 0 Å². The minimum absolute atomic E-state index is 0.607. The molecule has 1 aliphatic rings. The Morgan fingerprint density at radius 3 is 3.08 bits per heavy atom. The van der Waals surface area contributed by atoms with Crippen LogP contribution in [0.2, 0.25) is 0 Å². The van der Waals surface area contributed by atoms with Crippen molar-refractivity contribution in [1.29, 1.82) is 5.26 Å². The summed E-state index contributed by atoms with van der Waals surface area (Å²) in [6, 6.07) is 2.13. The normalized spacial score (nSPS) is 26.6. The van der Waals surface area contributed by atoms with Gasteiger partial charge in [0, 0.05) is 6.08 Å². The van der Waals surface area contributed by atoms with Gasteiger partial charge in [-0.25, -0.2) is 0 Å². The monoisotopic (exact) mass is 161 g/mol. The van der Waals surface area contributed by atoms with Gasteiger partial charge in [-0.05, 0) is 31.6 Å². The highest BCUT2D eigenvalue weighted by Crippen LogP contribution is 2.31. The van der Waals surface area contributed by atoms with Crippen molar-refractivity contribution in [3.05, 3.63) is 24.3 Å². The summed E-state index contributed by atoms with van der Waals surface area (Å²) in [6.07, 6.45) is 9.63. The van der Waals surface area contributed by atoms with E-state index in [2.05, 4.69) is 12.6 Å². The van der Waals surface area contributed by atoms with Crippen molar-refractivity contribution in [3.63, 3.8) is 0 Å². The van der Waals surface area contributed by atoms with Crippen molar-refractivity contribution in [3.8, 4) is 6.07 Å². The van der Waals surface area contributed by atoms with Gasteiger partial charge in [0.1, 0.15) is 0 Å². The first kappa shape index (κ1) is 9.06. The first-order chi connectivity index (χ1) is 5.88. The van der Waals surface area contributed by atoms with Gasteiger partial charge in [-0.3, -0.25) is 0 Å². The van der Waals surface area contributed by atoms with Gasteiger partial charge in [-0.15, -0.1) is 6.58 Å². The van der Waals surface area contributed by atoms with Gasteiger partial charge in [0.25, 0.3) is 0 Å². The summed E-state index contributed by atoms with van der Waals surface area (Å²) in [5, 5.41) is 8.55. The van der Waals surface area contributed by atoms with Gasteiger partial charge in [0.15, 0.2) is 0 Å². The fourth-order valence-corrected chi connectivity index (χ4v) is 1.85. The molecule has 1 nitrogen and oxygen atoms in total. The van der Waals surface area contributed by atoms with Gasteiger partial charge in [0.05, 0.1) is 6.07 Å². The Bertz CT molecular complexity index is 220. The molecule has 0 heterocycles. The van der Waals surface area contributed by atoms with E-state index in [0.717, 1.165) is 12.8 Å². The average Bonchev–Trinajstić information content (AvgIpc) is 2.09. The van der Waals surface area contributed by atoms with Crippen molar-refractivity contribution in [1.82, 2.24) is 0 Å². The molecule has 1 heteroatoms. The standard InChI is InChI=1S/C11H15N/c1-2-5-10-6-3-4-7-11(10)8-9-12/h2,8,10H,1,3-7H2. The van der Waals surface area contributed by atoms with Crippen LogP contribution in [0.15, 0.2) is 24.3 Å². The van der Waals surface area contributed by atoms with E-state index in [1.165, 1.54) is 24.8 Å². The van der Waals surface area contributed by atoms with Crippen LogP contribution in [0.4, 0.5) is 0 Å². The maximum atomic E-state index is 8.55. The quantitative estimate of drug-likeness (QED) is 0.450. The summed E-state index contributed by atoms with van der Waals surface area (Å²) in [5.41, 5.74) is 1.34. The molecule has 0 aromatic rings. The van der Waals surface area contributed by atoms with Crippen LogP contribution < -0.4 is 0 Å². The van der Waals surface area contributed by atoms with Gasteiger partial charge < -0.3 is 0 Å². The fraction of sp³-hybridized carbons (Fsp3) is 0.545. The molecule has 1 aliphatic carbocycles. The number of rotatable bonds is 2. The topological polar surface area (TPSA) is 23.8 Å². The number of nitrogens with zero attached hydrogens (tertiary/aromatic N) is 1. The summed E-state index contributed by atoms with van der Waals surface area (Å²) >= 11 is 0. The van der Waals surface area contributed by atoms with Gasteiger partial charge in [-0.1, -0.05) is 18.1 Å². The molecule has 1 fully saturated rings. The molecule has 0 saturated heterocycles. The Morgan fingerprint density at radius 1 is 1.58 bits per heavy atom. The third-order valence-electron chi connectivity index (χ3n) is 2.49. The van der Waals surface area contributed by atoms with E-state index >= 15 is 0 Å². The minimum atomic E-state index is 0.607. The third-order valence-corrected chi connectivity index (χ3v) is 2.49. The molecule has 0 radical (unpaired) electrons. The van der Waals surface area contributed by atoms with Crippen LogP contribution in [0, 0.1) is 17.2 Å². The molecule has 64 valence electrons. The molecule has 0 spiro atoms. The maximum absolute atomic E-state index is 8.55. The largest absolute Gasteiger partial charge is 0.193 e. The predicted molar refractivity (Wildman–Crippen MR) is 50.5 cm³/mol. The molecule has 0 bridgehead atoms. The molecule has 0 aromatic heterocycles. The molecular weight excluding hydrogens is 146 g/mol. The molecular formula is C11H15N. The zero-order valence-corrected chi connectivity index (χ0v) is 7.42. The van der Waals surface area contributed by atoms with E-state index in [-0.39, 0.29) is 0 Å². The smallest absolute Gasteiger partial charge is 0.0911 e. The van der Waals surface area contributed by atoms with Crippen LogP contribution in [0.3, 0.4) is 0 Å². The van der Waals surface area contributed by atoms with Crippen LogP contribution in [0.1, 0.15) is 32.1 Å². The fourth-order valence-electron chi connectivity index (χ4n) is 1.85. The molecule has 1 saturated carbocycles. The van der Waals surface area contributed by atoms with Crippen LogP contribution in [0.25, 0.3) is 0 Å². The molecule has 0 N–H and O–H groups in total. The second-order valence-electron chi connectivity index (χ2n) is 3.32. The summed E-state index contributed by atoms with van der Waals surface area (Å²) < 4.78 is 0. The summed E-state index contributed by atoms with van der Waals surface area (Å²) in [6.45, 7) is 3.74. The van der Waals surface area contributed by atoms with Crippen molar-refractivity contribution in [2.45, 2.75) is 32.1 Å². The number of hydrogen-bond acceptors (Lipinski definition) is 1. The lowest BCUT2D eigenvalue weighted by atomic mass is 9.82. The minimum Gasteiger partial charge on any atom is -0.193 e. The maximum Gasteiger partial charge on any atom is 0.0911 e. The van der Waals surface area contributed by atoms with E-state index in [1.54, 1.807) is 6.08 Å². The Morgan fingerprint density at radius 2 is 2.42 bits per heavy atom. The molecule has 0 aliphatic heterocycles. The van der Waals surface area contributed by atoms with Crippen molar-refractivity contribution < 1.29 is 0 Å². The molecule has 12 heavy (non-hydrogen) atoms. The predicted octanol–water partition coefficient (Wildman–Crippen LogP) is 3.20. The van der Waals surface area contributed by atoms with Crippen LogP contribution >= 0.6 is 0 Å². The van der Waals surface area contributed by atoms with Crippen LogP contribution in [-0.4, -0.2) is 0 Å². The highest BCUT2D eigenvalue weighted by atomic mass is 14.3. The number of nitriles is 1. The van der Waals surface area contributed by atoms with E-state index in [9.17, 15) is 0 Å². The van der Waals surface area contributed by atoms with Gasteiger partial charge in [-0.2, -0.15) is 5.26 Å². The van der Waals surface area contributed by atoms with E-state index in [4.69, 9.17) is 5.26 Å². The summed E-state index contributed by atoms with van der Waals surface area (Å²) in [5.74, 6) is 0.607. The van der Waals surface area contributed by atoms with Crippen LogP contribution in [0.5, 0.6) is 0 Å². The van der Waals surface area contributed by atoms with Gasteiger partial charge >= 0.3 is 0 Å². The molecule has 0 aromatic carbocycles. The second kappa shape index (κ2) is 4.77. The molecule has 0 amide bonds. The Kier molecular flexibility index (Phi) is 3.60. The summed E-state index contributed by atoms with van der Waals surface area (Å²) in [7, 11) is 0. The Labute approximate surface area is 74.4 Å². The van der Waals surface area contributed by atoms with Crippen molar-refractivity contribution >= 4 is 0 Å². The highest BCUT2D eigenvalue weighted by molar-refractivity contribution is 5.18. The van der Waals surface area contributed by atoms with Gasteiger partial charge in [0.2, 0.25) is 0 Å².